The van der Waals surface area contributed by atoms with Crippen LogP contribution in [0.5, 0.6) is 0 Å². The van der Waals surface area contributed by atoms with E-state index in [1.807, 2.05) is 4.90 Å². The molecular weight excluding hydrogens is 338 g/mol. The lowest BCUT2D eigenvalue weighted by atomic mass is 9.88. The highest BCUT2D eigenvalue weighted by molar-refractivity contribution is 5.83. The van der Waals surface area contributed by atoms with E-state index in [4.69, 9.17) is 0 Å². The number of nitrogens with one attached hydrogen (secondary N) is 2. The van der Waals surface area contributed by atoms with Gasteiger partial charge >= 0.3 is 0 Å². The van der Waals surface area contributed by atoms with Crippen LogP contribution in [0.1, 0.15) is 43.2 Å². The topological polar surface area (TPSA) is 61.4 Å². The Hall–Kier alpha value is -1.88. The molecule has 0 bridgehead atoms. The van der Waals surface area contributed by atoms with Crippen LogP contribution >= 0.6 is 0 Å². The van der Waals surface area contributed by atoms with Crippen LogP contribution in [0.15, 0.2) is 24.3 Å². The van der Waals surface area contributed by atoms with Crippen molar-refractivity contribution < 1.29 is 9.59 Å². The molecule has 5 heteroatoms. The molecule has 2 atom stereocenters. The first kappa shape index (κ1) is 18.5. The predicted molar refractivity (Wildman–Crippen MR) is 105 cm³/mol. The second kappa shape index (κ2) is 7.63. The van der Waals surface area contributed by atoms with E-state index in [1.165, 1.54) is 11.1 Å². The lowest BCUT2D eigenvalue weighted by Crippen LogP contribution is -2.51. The van der Waals surface area contributed by atoms with Crippen LogP contribution in [-0.2, 0) is 16.0 Å². The lowest BCUT2D eigenvalue weighted by molar-refractivity contribution is -0.136. The van der Waals surface area contributed by atoms with Crippen molar-refractivity contribution in [3.05, 3.63) is 35.4 Å². The van der Waals surface area contributed by atoms with Crippen molar-refractivity contribution in [3.63, 3.8) is 0 Å². The normalized spacial score (nSPS) is 26.6. The summed E-state index contributed by atoms with van der Waals surface area (Å²) in [7, 11) is 0. The number of benzene rings is 1. The van der Waals surface area contributed by atoms with Crippen LogP contribution in [0.3, 0.4) is 0 Å². The van der Waals surface area contributed by atoms with E-state index in [2.05, 4.69) is 41.8 Å². The molecule has 2 amide bonds. The molecule has 2 N–H and O–H groups in total. The Morgan fingerprint density at radius 2 is 1.85 bits per heavy atom. The zero-order chi connectivity index (χ0) is 18.9. The zero-order valence-corrected chi connectivity index (χ0v) is 16.3. The summed E-state index contributed by atoms with van der Waals surface area (Å²) >= 11 is 0. The Labute approximate surface area is 161 Å². The minimum Gasteiger partial charge on any atom is -0.350 e. The Kier molecular flexibility index (Phi) is 5.22. The molecule has 2 aliphatic heterocycles. The molecule has 2 saturated heterocycles. The third-order valence-corrected chi connectivity index (χ3v) is 6.52. The van der Waals surface area contributed by atoms with Gasteiger partial charge in [-0.05, 0) is 56.6 Å². The molecule has 5 nitrogen and oxygen atoms in total. The zero-order valence-electron chi connectivity index (χ0n) is 16.3. The van der Waals surface area contributed by atoms with Crippen molar-refractivity contribution in [2.24, 2.45) is 11.8 Å². The van der Waals surface area contributed by atoms with Crippen LogP contribution in [-0.4, -0.2) is 48.4 Å². The quantitative estimate of drug-likeness (QED) is 0.835. The van der Waals surface area contributed by atoms with Crippen molar-refractivity contribution in [2.75, 3.05) is 26.2 Å². The fourth-order valence-electron chi connectivity index (χ4n) is 4.56. The number of piperidine rings is 1. The highest BCUT2D eigenvalue weighted by atomic mass is 16.2. The van der Waals surface area contributed by atoms with E-state index in [1.54, 1.807) is 0 Å². The molecule has 27 heavy (non-hydrogen) atoms. The van der Waals surface area contributed by atoms with Gasteiger partial charge in [0, 0.05) is 31.7 Å². The van der Waals surface area contributed by atoms with Gasteiger partial charge in [-0.1, -0.05) is 24.3 Å². The molecule has 3 fully saturated rings. The van der Waals surface area contributed by atoms with Crippen molar-refractivity contribution >= 4 is 11.8 Å². The van der Waals surface area contributed by atoms with Gasteiger partial charge in [0.2, 0.25) is 11.8 Å². The van der Waals surface area contributed by atoms with E-state index >= 15 is 0 Å². The first-order chi connectivity index (χ1) is 13.1. The second-order valence-corrected chi connectivity index (χ2v) is 8.69. The molecule has 0 spiro atoms. The maximum absolute atomic E-state index is 12.9. The molecule has 1 aliphatic carbocycles. The maximum Gasteiger partial charge on any atom is 0.226 e. The van der Waals surface area contributed by atoms with Gasteiger partial charge in [0.15, 0.2) is 0 Å². The van der Waals surface area contributed by atoms with Gasteiger partial charge < -0.3 is 15.5 Å². The number of amides is 2. The molecular formula is C22H31N3O2. The monoisotopic (exact) mass is 369 g/mol. The Balaban J connectivity index is 1.35. The van der Waals surface area contributed by atoms with Gasteiger partial charge in [0.05, 0.1) is 11.8 Å². The average molecular weight is 370 g/mol. The third kappa shape index (κ3) is 4.18. The largest absolute Gasteiger partial charge is 0.350 e. The van der Waals surface area contributed by atoms with Crippen molar-refractivity contribution in [2.45, 2.75) is 51.0 Å². The van der Waals surface area contributed by atoms with E-state index < -0.39 is 0 Å². The number of carbonyl (C=O) groups excluding carboxylic acids is 2. The summed E-state index contributed by atoms with van der Waals surface area (Å²) in [5.74, 6) is 0.190. The summed E-state index contributed by atoms with van der Waals surface area (Å²) in [5, 5.41) is 6.66. The highest BCUT2D eigenvalue weighted by Crippen LogP contribution is 2.39. The highest BCUT2D eigenvalue weighted by Gasteiger charge is 2.45. The summed E-state index contributed by atoms with van der Waals surface area (Å²) < 4.78 is 0. The van der Waals surface area contributed by atoms with Gasteiger partial charge in [-0.2, -0.15) is 0 Å². The molecule has 1 aromatic rings. The summed E-state index contributed by atoms with van der Waals surface area (Å²) in [5.41, 5.74) is 2.53. The fraction of sp³-hybridized carbons (Fsp3) is 0.636. The third-order valence-electron chi connectivity index (χ3n) is 6.52. The van der Waals surface area contributed by atoms with Gasteiger partial charge in [0.1, 0.15) is 0 Å². The number of aryl methyl sites for hydroxylation is 1. The molecule has 0 aromatic heterocycles. The summed E-state index contributed by atoms with van der Waals surface area (Å²) in [6, 6.07) is 8.42. The average Bonchev–Trinajstić information content (AvgIpc) is 3.20. The minimum absolute atomic E-state index is 0.0564. The fourth-order valence-corrected chi connectivity index (χ4v) is 4.56. The minimum atomic E-state index is -0.107. The summed E-state index contributed by atoms with van der Waals surface area (Å²) in [6.45, 7) is 5.27. The number of nitrogens with zero attached hydrogens (tertiary/aromatic N) is 1. The van der Waals surface area contributed by atoms with Crippen molar-refractivity contribution in [3.8, 4) is 0 Å². The molecule has 4 rings (SSSR count). The van der Waals surface area contributed by atoms with Crippen LogP contribution in [0, 0.1) is 18.8 Å². The van der Waals surface area contributed by atoms with E-state index in [0.29, 0.717) is 19.5 Å². The lowest BCUT2D eigenvalue weighted by Gasteiger charge is -2.32. The molecule has 3 aliphatic rings. The van der Waals surface area contributed by atoms with Gasteiger partial charge in [-0.3, -0.25) is 9.59 Å². The molecule has 146 valence electrons. The SMILES string of the molecule is Cc1ccccc1CC1(NC(=O)[C@H]2CNC[C@H](C(=O)N3CCCC3)C2)CC1. The molecule has 2 heterocycles. The van der Waals surface area contributed by atoms with Crippen LogP contribution in [0.2, 0.25) is 0 Å². The molecule has 0 radical (unpaired) electrons. The van der Waals surface area contributed by atoms with Crippen molar-refractivity contribution in [1.82, 2.24) is 15.5 Å². The first-order valence-electron chi connectivity index (χ1n) is 10.4. The Morgan fingerprint density at radius 1 is 1.15 bits per heavy atom. The smallest absolute Gasteiger partial charge is 0.226 e. The molecule has 1 aromatic carbocycles. The second-order valence-electron chi connectivity index (χ2n) is 8.69. The predicted octanol–water partition coefficient (Wildman–Crippen LogP) is 2.03. The Bertz CT molecular complexity index is 707. The van der Waals surface area contributed by atoms with Crippen LogP contribution in [0.25, 0.3) is 0 Å². The van der Waals surface area contributed by atoms with E-state index in [-0.39, 0.29) is 29.2 Å². The van der Waals surface area contributed by atoms with Gasteiger partial charge in [-0.25, -0.2) is 0 Å². The number of rotatable bonds is 5. The van der Waals surface area contributed by atoms with Crippen LogP contribution < -0.4 is 10.6 Å². The summed E-state index contributed by atoms with van der Waals surface area (Å²) in [6.07, 6.45) is 5.89. The first-order valence-corrected chi connectivity index (χ1v) is 10.4. The summed E-state index contributed by atoms with van der Waals surface area (Å²) in [4.78, 5) is 27.6. The van der Waals surface area contributed by atoms with E-state index in [9.17, 15) is 9.59 Å². The number of hydrogen-bond donors (Lipinski definition) is 2. The maximum atomic E-state index is 12.9. The number of likely N-dealkylation sites (tertiary alicyclic amines) is 1. The molecule has 0 unspecified atom stereocenters. The van der Waals surface area contributed by atoms with Gasteiger partial charge in [-0.15, -0.1) is 0 Å². The number of hydrogen-bond acceptors (Lipinski definition) is 3. The van der Waals surface area contributed by atoms with E-state index in [0.717, 1.165) is 45.2 Å². The Morgan fingerprint density at radius 3 is 2.56 bits per heavy atom. The standard InChI is InChI=1S/C22H31N3O2/c1-16-6-2-3-7-17(16)13-22(8-9-22)24-20(26)18-12-19(15-23-14-18)21(27)25-10-4-5-11-25/h2-3,6-7,18-19,23H,4-5,8-15H2,1H3,(H,24,26)/t18-,19-/m1/s1. The van der Waals surface area contributed by atoms with Crippen LogP contribution in [0.4, 0.5) is 0 Å². The van der Waals surface area contributed by atoms with Gasteiger partial charge in [0.25, 0.3) is 0 Å². The van der Waals surface area contributed by atoms with Crippen molar-refractivity contribution in [1.29, 1.82) is 0 Å². The number of carbonyl (C=O) groups is 2. The molecule has 1 saturated carbocycles.